The van der Waals surface area contributed by atoms with Crippen LogP contribution >= 0.6 is 0 Å². The van der Waals surface area contributed by atoms with Crippen molar-refractivity contribution in [3.05, 3.63) is 70.1 Å². The third kappa shape index (κ3) is 4.87. The molecule has 2 aromatic carbocycles. The summed E-state index contributed by atoms with van der Waals surface area (Å²) in [5.41, 5.74) is 1.66. The van der Waals surface area contributed by atoms with Gasteiger partial charge in [0.25, 0.3) is 0 Å². The van der Waals surface area contributed by atoms with E-state index in [2.05, 4.69) is 5.32 Å². The molecule has 5 nitrogen and oxygen atoms in total. The van der Waals surface area contributed by atoms with Gasteiger partial charge < -0.3 is 14.8 Å². The minimum Gasteiger partial charge on any atom is -0.507 e. The lowest BCUT2D eigenvalue weighted by atomic mass is 9.86. The predicted molar refractivity (Wildman–Crippen MR) is 127 cm³/mol. The molecule has 1 aliphatic carbocycles. The molecule has 32 heavy (non-hydrogen) atoms. The van der Waals surface area contributed by atoms with Gasteiger partial charge in [0, 0.05) is 18.0 Å². The largest absolute Gasteiger partial charge is 0.507 e. The molecule has 1 saturated carbocycles. The number of carbonyl (C=O) groups excluding carboxylic acids is 1. The van der Waals surface area contributed by atoms with Crippen molar-refractivity contribution >= 4 is 22.6 Å². The molecule has 5 heteroatoms. The zero-order valence-electron chi connectivity index (χ0n) is 18.6. The fourth-order valence-corrected chi connectivity index (χ4v) is 4.93. The number of fused-ring (bicyclic) bond motifs is 1. The van der Waals surface area contributed by atoms with Gasteiger partial charge in [0.15, 0.2) is 0 Å². The van der Waals surface area contributed by atoms with Crippen molar-refractivity contribution in [3.8, 4) is 5.75 Å². The number of anilines is 1. The van der Waals surface area contributed by atoms with Crippen LogP contribution in [0.1, 0.15) is 75.3 Å². The normalized spacial score (nSPS) is 15.5. The van der Waals surface area contributed by atoms with Gasteiger partial charge in [-0.2, -0.15) is 0 Å². The van der Waals surface area contributed by atoms with Crippen molar-refractivity contribution < 1.29 is 14.3 Å². The number of hydrogen-bond donors (Lipinski definition) is 2. The molecule has 1 amide bonds. The van der Waals surface area contributed by atoms with Crippen molar-refractivity contribution in [3.63, 3.8) is 0 Å². The van der Waals surface area contributed by atoms with Gasteiger partial charge in [-0.1, -0.05) is 63.3 Å². The summed E-state index contributed by atoms with van der Waals surface area (Å²) in [6.07, 6.45) is 8.42. The van der Waals surface area contributed by atoms with E-state index in [-0.39, 0.29) is 23.1 Å². The van der Waals surface area contributed by atoms with Crippen LogP contribution in [0, 0.1) is 5.92 Å². The first-order valence-corrected chi connectivity index (χ1v) is 11.7. The summed E-state index contributed by atoms with van der Waals surface area (Å²) in [7, 11) is 0. The molecule has 3 aromatic rings. The summed E-state index contributed by atoms with van der Waals surface area (Å²) < 4.78 is 5.48. The minimum atomic E-state index is -0.532. The number of carbonyl (C=O) groups is 1. The Balaban J connectivity index is 1.53. The van der Waals surface area contributed by atoms with E-state index in [1.54, 1.807) is 24.3 Å². The first kappa shape index (κ1) is 22.1. The molecule has 1 atom stereocenters. The molecule has 1 aromatic heterocycles. The maximum atomic E-state index is 12.7. The van der Waals surface area contributed by atoms with Crippen LogP contribution in [0.4, 0.5) is 5.69 Å². The van der Waals surface area contributed by atoms with Gasteiger partial charge in [0.1, 0.15) is 11.3 Å². The number of para-hydroxylation sites is 1. The molecule has 4 rings (SSSR count). The second kappa shape index (κ2) is 10.0. The second-order valence-corrected chi connectivity index (χ2v) is 8.83. The van der Waals surface area contributed by atoms with E-state index in [1.807, 2.05) is 31.2 Å². The molecule has 0 radical (unpaired) electrons. The van der Waals surface area contributed by atoms with Crippen LogP contribution in [0.2, 0.25) is 0 Å². The van der Waals surface area contributed by atoms with Gasteiger partial charge in [-0.15, -0.1) is 0 Å². The third-order valence-electron chi connectivity index (χ3n) is 6.65. The predicted octanol–water partition coefficient (Wildman–Crippen LogP) is 6.34. The number of hydrogen-bond acceptors (Lipinski definition) is 4. The molecule has 0 bridgehead atoms. The Morgan fingerprint density at radius 3 is 2.69 bits per heavy atom. The summed E-state index contributed by atoms with van der Waals surface area (Å²) in [5, 5.41) is 14.4. The van der Waals surface area contributed by atoms with Gasteiger partial charge in [-0.3, -0.25) is 4.79 Å². The summed E-state index contributed by atoms with van der Waals surface area (Å²) in [4.78, 5) is 25.2. The number of aromatic hydroxyl groups is 1. The molecule has 1 unspecified atom stereocenters. The van der Waals surface area contributed by atoms with E-state index in [9.17, 15) is 14.7 Å². The fourth-order valence-electron chi connectivity index (χ4n) is 4.93. The third-order valence-corrected chi connectivity index (χ3v) is 6.65. The molecular weight excluding hydrogens is 402 g/mol. The Morgan fingerprint density at radius 2 is 1.91 bits per heavy atom. The molecular formula is C27H31NO4. The molecule has 1 heterocycles. The van der Waals surface area contributed by atoms with Crippen LogP contribution in [0.15, 0.2) is 57.7 Å². The van der Waals surface area contributed by atoms with Gasteiger partial charge in [-0.05, 0) is 48.6 Å². The van der Waals surface area contributed by atoms with E-state index in [0.717, 1.165) is 12.0 Å². The average molecular weight is 434 g/mol. The standard InChI is InChI=1S/C27H31NO4/c1-2-21(25-26(30)22-13-6-7-14-23(22)32-27(25)31)19-11-8-12-20(17-19)28-24(29)16-15-18-9-4-3-5-10-18/h6-8,11-14,17-18,21,30H,2-5,9-10,15-16H2,1H3,(H,28,29). The molecule has 2 N–H and O–H groups in total. The van der Waals surface area contributed by atoms with E-state index in [0.29, 0.717) is 35.4 Å². The lowest BCUT2D eigenvalue weighted by molar-refractivity contribution is -0.116. The van der Waals surface area contributed by atoms with Crippen molar-refractivity contribution in [2.75, 3.05) is 5.32 Å². The zero-order valence-corrected chi connectivity index (χ0v) is 18.6. The SMILES string of the molecule is CCC(c1cccc(NC(=O)CCC2CCCCC2)c1)c1c(O)c2ccccc2oc1=O. The summed E-state index contributed by atoms with van der Waals surface area (Å²) in [5.74, 6) is 0.315. The number of amides is 1. The number of nitrogens with one attached hydrogen (secondary N) is 1. The maximum Gasteiger partial charge on any atom is 0.343 e. The Labute approximate surface area is 188 Å². The van der Waals surface area contributed by atoms with Gasteiger partial charge >= 0.3 is 5.63 Å². The van der Waals surface area contributed by atoms with Crippen molar-refractivity contribution in [2.24, 2.45) is 5.92 Å². The minimum absolute atomic E-state index is 0.0221. The Hall–Kier alpha value is -3.08. The number of benzene rings is 2. The highest BCUT2D eigenvalue weighted by Crippen LogP contribution is 2.36. The highest BCUT2D eigenvalue weighted by Gasteiger charge is 2.24. The lowest BCUT2D eigenvalue weighted by Gasteiger charge is -2.21. The molecule has 1 aliphatic rings. The Bertz CT molecular complexity index is 1140. The fraction of sp³-hybridized carbons (Fsp3) is 0.407. The van der Waals surface area contributed by atoms with Crippen LogP contribution in [-0.4, -0.2) is 11.0 Å². The van der Waals surface area contributed by atoms with Crippen LogP contribution < -0.4 is 10.9 Å². The first-order chi connectivity index (χ1) is 15.6. The van der Waals surface area contributed by atoms with Crippen LogP contribution in [0.3, 0.4) is 0 Å². The highest BCUT2D eigenvalue weighted by atomic mass is 16.4. The Kier molecular flexibility index (Phi) is 6.93. The van der Waals surface area contributed by atoms with Gasteiger partial charge in [0.2, 0.25) is 5.91 Å². The maximum absolute atomic E-state index is 12.7. The smallest absolute Gasteiger partial charge is 0.343 e. The molecule has 0 saturated heterocycles. The monoisotopic (exact) mass is 433 g/mol. The van der Waals surface area contributed by atoms with Crippen LogP contribution in [0.5, 0.6) is 5.75 Å². The molecule has 1 fully saturated rings. The second-order valence-electron chi connectivity index (χ2n) is 8.83. The topological polar surface area (TPSA) is 79.5 Å². The summed E-state index contributed by atoms with van der Waals surface area (Å²) in [6, 6.07) is 14.5. The average Bonchev–Trinajstić information content (AvgIpc) is 2.81. The van der Waals surface area contributed by atoms with Crippen LogP contribution in [0.25, 0.3) is 11.0 Å². The first-order valence-electron chi connectivity index (χ1n) is 11.7. The zero-order chi connectivity index (χ0) is 22.5. The summed E-state index contributed by atoms with van der Waals surface area (Å²) >= 11 is 0. The van der Waals surface area contributed by atoms with E-state index < -0.39 is 5.63 Å². The Morgan fingerprint density at radius 1 is 1.12 bits per heavy atom. The van der Waals surface area contributed by atoms with Crippen LogP contribution in [-0.2, 0) is 4.79 Å². The van der Waals surface area contributed by atoms with Crippen molar-refractivity contribution in [1.82, 2.24) is 0 Å². The summed E-state index contributed by atoms with van der Waals surface area (Å²) in [6.45, 7) is 1.97. The quantitative estimate of drug-likeness (QED) is 0.426. The lowest BCUT2D eigenvalue weighted by Crippen LogP contribution is -2.16. The number of rotatable bonds is 7. The molecule has 0 spiro atoms. The van der Waals surface area contributed by atoms with Crippen molar-refractivity contribution in [1.29, 1.82) is 0 Å². The highest BCUT2D eigenvalue weighted by molar-refractivity contribution is 5.90. The van der Waals surface area contributed by atoms with Gasteiger partial charge in [-0.25, -0.2) is 4.79 Å². The van der Waals surface area contributed by atoms with E-state index in [1.165, 1.54) is 32.1 Å². The molecule has 168 valence electrons. The van der Waals surface area contributed by atoms with Crippen molar-refractivity contribution in [2.45, 2.75) is 64.2 Å². The van der Waals surface area contributed by atoms with Gasteiger partial charge in [0.05, 0.1) is 10.9 Å². The van der Waals surface area contributed by atoms with E-state index >= 15 is 0 Å². The molecule has 0 aliphatic heterocycles. The van der Waals surface area contributed by atoms with E-state index in [4.69, 9.17) is 4.42 Å².